The molecule has 1 aromatic rings. The summed E-state index contributed by atoms with van der Waals surface area (Å²) >= 11 is 1.78. The molecule has 1 unspecified atom stereocenters. The fraction of sp³-hybridized carbons (Fsp3) is 0.769. The van der Waals surface area contributed by atoms with Crippen LogP contribution in [-0.4, -0.2) is 19.1 Å². The zero-order chi connectivity index (χ0) is 12.8. The van der Waals surface area contributed by atoms with Gasteiger partial charge in [0.2, 0.25) is 0 Å². The van der Waals surface area contributed by atoms with Crippen LogP contribution in [0.15, 0.2) is 0 Å². The minimum atomic E-state index is 0.150. The number of hydrogen-bond acceptors (Lipinski definition) is 4. The minimum Gasteiger partial charge on any atom is -0.374 e. The maximum Gasteiger partial charge on any atom is 0.122 e. The highest BCUT2D eigenvalue weighted by Gasteiger charge is 2.17. The lowest BCUT2D eigenvalue weighted by molar-refractivity contribution is 0.0996. The molecule has 0 fully saturated rings. The number of ether oxygens (including phenoxy) is 1. The number of rotatable bonds is 7. The fourth-order valence-corrected chi connectivity index (χ4v) is 3.09. The van der Waals surface area contributed by atoms with Crippen LogP contribution in [0.5, 0.6) is 0 Å². The van der Waals surface area contributed by atoms with Crippen LogP contribution in [0.4, 0.5) is 0 Å². The minimum absolute atomic E-state index is 0.150. The van der Waals surface area contributed by atoms with Crippen LogP contribution in [0.1, 0.15) is 48.9 Å². The number of thiazole rings is 1. The smallest absolute Gasteiger partial charge is 0.122 e. The van der Waals surface area contributed by atoms with Crippen LogP contribution >= 0.6 is 11.3 Å². The van der Waals surface area contributed by atoms with Crippen LogP contribution in [0.25, 0.3) is 0 Å². The van der Waals surface area contributed by atoms with Crippen LogP contribution in [0, 0.1) is 5.92 Å². The van der Waals surface area contributed by atoms with E-state index in [1.807, 2.05) is 7.05 Å². The number of methoxy groups -OCH3 is 1. The highest BCUT2D eigenvalue weighted by Crippen LogP contribution is 2.29. The van der Waals surface area contributed by atoms with E-state index >= 15 is 0 Å². The molecule has 1 heterocycles. The van der Waals surface area contributed by atoms with Gasteiger partial charge in [-0.1, -0.05) is 20.8 Å². The van der Waals surface area contributed by atoms with Crippen LogP contribution in [-0.2, 0) is 17.7 Å². The summed E-state index contributed by atoms with van der Waals surface area (Å²) in [6.07, 6.45) is 2.18. The van der Waals surface area contributed by atoms with E-state index in [9.17, 15) is 0 Å². The molecule has 0 bridgehead atoms. The first kappa shape index (κ1) is 14.6. The molecular formula is C13H24N2OS. The number of nitrogens with zero attached hydrogens (tertiary/aromatic N) is 1. The van der Waals surface area contributed by atoms with Gasteiger partial charge in [-0.05, 0) is 25.8 Å². The quantitative estimate of drug-likeness (QED) is 0.813. The van der Waals surface area contributed by atoms with Gasteiger partial charge < -0.3 is 10.1 Å². The second-order valence-electron chi connectivity index (χ2n) is 4.68. The van der Waals surface area contributed by atoms with Crippen molar-refractivity contribution in [3.63, 3.8) is 0 Å². The molecule has 1 aromatic heterocycles. The van der Waals surface area contributed by atoms with E-state index in [2.05, 4.69) is 26.1 Å². The number of nitrogens with one attached hydrogen (secondary N) is 1. The molecule has 0 aliphatic carbocycles. The van der Waals surface area contributed by atoms with Crippen molar-refractivity contribution in [2.24, 2.45) is 5.92 Å². The van der Waals surface area contributed by atoms with Gasteiger partial charge in [-0.15, -0.1) is 11.3 Å². The molecule has 0 saturated carbocycles. The van der Waals surface area contributed by atoms with Gasteiger partial charge in [0, 0.05) is 18.5 Å². The van der Waals surface area contributed by atoms with Gasteiger partial charge in [0.15, 0.2) is 0 Å². The lowest BCUT2D eigenvalue weighted by Crippen LogP contribution is -2.07. The van der Waals surface area contributed by atoms with Crippen molar-refractivity contribution < 1.29 is 4.74 Å². The van der Waals surface area contributed by atoms with Gasteiger partial charge in [-0.2, -0.15) is 0 Å². The predicted molar refractivity (Wildman–Crippen MR) is 73.5 cm³/mol. The Morgan fingerprint density at radius 2 is 2.12 bits per heavy atom. The standard InChI is InChI=1S/C13H24N2OS/c1-6-11(16-5)13-15-10(7-9(2)3)12(17-13)8-14-4/h9,11,14H,6-8H2,1-5H3. The molecule has 0 aliphatic rings. The van der Waals surface area contributed by atoms with Crippen molar-refractivity contribution >= 4 is 11.3 Å². The summed E-state index contributed by atoms with van der Waals surface area (Å²) in [5.74, 6) is 0.642. The Labute approximate surface area is 109 Å². The summed E-state index contributed by atoms with van der Waals surface area (Å²) < 4.78 is 5.46. The van der Waals surface area contributed by atoms with Gasteiger partial charge in [0.05, 0.1) is 5.69 Å². The summed E-state index contributed by atoms with van der Waals surface area (Å²) in [6, 6.07) is 0. The summed E-state index contributed by atoms with van der Waals surface area (Å²) in [7, 11) is 3.74. The highest BCUT2D eigenvalue weighted by molar-refractivity contribution is 7.11. The summed E-state index contributed by atoms with van der Waals surface area (Å²) in [5.41, 5.74) is 1.24. The third-order valence-electron chi connectivity index (χ3n) is 2.66. The van der Waals surface area contributed by atoms with Gasteiger partial charge in [-0.3, -0.25) is 0 Å². The van der Waals surface area contributed by atoms with E-state index in [1.165, 1.54) is 10.6 Å². The first-order valence-corrected chi connectivity index (χ1v) is 7.09. The second-order valence-corrected chi connectivity index (χ2v) is 5.80. The molecule has 4 heteroatoms. The normalized spacial score (nSPS) is 13.3. The Kier molecular flexibility index (Phi) is 6.09. The van der Waals surface area contributed by atoms with E-state index < -0.39 is 0 Å². The van der Waals surface area contributed by atoms with Crippen molar-refractivity contribution in [1.29, 1.82) is 0 Å². The molecule has 1 rings (SSSR count). The highest BCUT2D eigenvalue weighted by atomic mass is 32.1. The third kappa shape index (κ3) is 4.05. The monoisotopic (exact) mass is 256 g/mol. The van der Waals surface area contributed by atoms with Gasteiger partial charge in [-0.25, -0.2) is 4.98 Å². The van der Waals surface area contributed by atoms with Crippen LogP contribution < -0.4 is 5.32 Å². The van der Waals surface area contributed by atoms with E-state index in [0.717, 1.165) is 24.4 Å². The zero-order valence-corrected chi connectivity index (χ0v) is 12.4. The molecule has 0 amide bonds. The summed E-state index contributed by atoms with van der Waals surface area (Å²) in [6.45, 7) is 7.50. The predicted octanol–water partition coefficient (Wildman–Crippen LogP) is 3.16. The molecule has 0 aliphatic heterocycles. The van der Waals surface area contributed by atoms with Crippen LogP contribution in [0.3, 0.4) is 0 Å². The molecule has 0 spiro atoms. The average molecular weight is 256 g/mol. The van der Waals surface area contributed by atoms with Crippen molar-refractivity contribution in [1.82, 2.24) is 10.3 Å². The molecule has 0 radical (unpaired) electrons. The molecule has 0 saturated heterocycles. The molecule has 1 N–H and O–H groups in total. The second kappa shape index (κ2) is 7.09. The first-order valence-electron chi connectivity index (χ1n) is 6.28. The lowest BCUT2D eigenvalue weighted by atomic mass is 10.1. The van der Waals surface area contributed by atoms with Crippen LogP contribution in [0.2, 0.25) is 0 Å². The maximum absolute atomic E-state index is 5.46. The van der Waals surface area contributed by atoms with Gasteiger partial charge >= 0.3 is 0 Å². The molecule has 0 aromatic carbocycles. The fourth-order valence-electron chi connectivity index (χ4n) is 1.83. The molecule has 3 nitrogen and oxygen atoms in total. The molecule has 98 valence electrons. The molecule has 1 atom stereocenters. The average Bonchev–Trinajstić information content (AvgIpc) is 2.63. The zero-order valence-electron chi connectivity index (χ0n) is 11.5. The Balaban J connectivity index is 2.93. The Hall–Kier alpha value is -0.450. The van der Waals surface area contributed by atoms with Gasteiger partial charge in [0.25, 0.3) is 0 Å². The Morgan fingerprint density at radius 3 is 2.59 bits per heavy atom. The summed E-state index contributed by atoms with van der Waals surface area (Å²) in [4.78, 5) is 6.12. The van der Waals surface area contributed by atoms with Crippen molar-refractivity contribution in [2.45, 2.75) is 46.3 Å². The van der Waals surface area contributed by atoms with Gasteiger partial charge in [0.1, 0.15) is 11.1 Å². The van der Waals surface area contributed by atoms with Crippen molar-refractivity contribution in [3.8, 4) is 0 Å². The van der Waals surface area contributed by atoms with E-state index in [1.54, 1.807) is 18.4 Å². The largest absolute Gasteiger partial charge is 0.374 e. The lowest BCUT2D eigenvalue weighted by Gasteiger charge is -2.08. The molecular weight excluding hydrogens is 232 g/mol. The Morgan fingerprint density at radius 1 is 1.41 bits per heavy atom. The van der Waals surface area contributed by atoms with E-state index in [0.29, 0.717) is 5.92 Å². The SMILES string of the molecule is CCC(OC)c1nc(CC(C)C)c(CNC)s1. The topological polar surface area (TPSA) is 34.1 Å². The third-order valence-corrected chi connectivity index (χ3v) is 3.85. The molecule has 17 heavy (non-hydrogen) atoms. The summed E-state index contributed by atoms with van der Waals surface area (Å²) in [5, 5.41) is 4.34. The maximum atomic E-state index is 5.46. The van der Waals surface area contributed by atoms with E-state index in [4.69, 9.17) is 9.72 Å². The number of hydrogen-bond donors (Lipinski definition) is 1. The van der Waals surface area contributed by atoms with Crippen molar-refractivity contribution in [3.05, 3.63) is 15.6 Å². The number of aromatic nitrogens is 1. The Bertz CT molecular complexity index is 332. The van der Waals surface area contributed by atoms with Crippen molar-refractivity contribution in [2.75, 3.05) is 14.2 Å². The first-order chi connectivity index (χ1) is 8.12. The van der Waals surface area contributed by atoms with E-state index in [-0.39, 0.29) is 6.10 Å².